The van der Waals surface area contributed by atoms with Crippen molar-refractivity contribution in [1.82, 2.24) is 0 Å². The van der Waals surface area contributed by atoms with Gasteiger partial charge < -0.3 is 30.3 Å². The highest BCUT2D eigenvalue weighted by Crippen LogP contribution is 2.23. The minimum atomic E-state index is -1.97. The van der Waals surface area contributed by atoms with Gasteiger partial charge in [0.1, 0.15) is 30.5 Å². The third-order valence-electron chi connectivity index (χ3n) is 3.79. The Balaban J connectivity index is 2.14. The van der Waals surface area contributed by atoms with Gasteiger partial charge in [0, 0.05) is 6.07 Å². The van der Waals surface area contributed by atoms with E-state index in [1.807, 2.05) is 0 Å². The molecule has 1 saturated heterocycles. The maximum Gasteiger partial charge on any atom is 0.276 e. The van der Waals surface area contributed by atoms with Gasteiger partial charge in [-0.1, -0.05) is 12.1 Å². The molecule has 10 nitrogen and oxygen atoms in total. The molecule has 0 spiro atoms. The van der Waals surface area contributed by atoms with E-state index in [9.17, 15) is 40.4 Å². The number of ketones is 1. The first kappa shape index (κ1) is 19.1. The van der Waals surface area contributed by atoms with Gasteiger partial charge in [0.05, 0.1) is 10.5 Å². The fraction of sp³-hybridized carbons (Fsp3) is 0.400. The van der Waals surface area contributed by atoms with Gasteiger partial charge >= 0.3 is 0 Å². The monoisotopic (exact) mass is 355 g/mol. The number of nitrogens with zero attached hydrogens (tertiary/aromatic N) is 1. The van der Waals surface area contributed by atoms with E-state index in [0.29, 0.717) is 0 Å². The van der Waals surface area contributed by atoms with E-state index >= 15 is 0 Å². The number of para-hydroxylation sites is 1. The number of rotatable bonds is 5. The van der Waals surface area contributed by atoms with Crippen molar-refractivity contribution in [3.8, 4) is 0 Å². The van der Waals surface area contributed by atoms with E-state index in [0.717, 1.165) is 12.2 Å². The SMILES string of the molecule is O=C(C=Cc1ccccc1[N+](=O)[O-])C(O)[C@H]1OC(O)[C@H](O)[C@@H](O)[C@H]1O. The Hall–Kier alpha value is -2.21. The van der Waals surface area contributed by atoms with Gasteiger partial charge in [-0.3, -0.25) is 14.9 Å². The van der Waals surface area contributed by atoms with Gasteiger partial charge in [-0.05, 0) is 18.2 Å². The molecule has 6 atom stereocenters. The number of nitro benzene ring substituents is 1. The highest BCUT2D eigenvalue weighted by atomic mass is 16.6. The van der Waals surface area contributed by atoms with Crippen LogP contribution < -0.4 is 0 Å². The van der Waals surface area contributed by atoms with Crippen LogP contribution in [0.25, 0.3) is 6.08 Å². The lowest BCUT2D eigenvalue weighted by molar-refractivity contribution is -0.385. The molecule has 2 unspecified atom stereocenters. The number of carbonyl (C=O) groups excluding carboxylic acids is 1. The number of benzene rings is 1. The highest BCUT2D eigenvalue weighted by molar-refractivity contribution is 5.97. The first-order valence-corrected chi connectivity index (χ1v) is 7.25. The summed E-state index contributed by atoms with van der Waals surface area (Å²) in [5, 5.41) is 59.0. The van der Waals surface area contributed by atoms with Crippen LogP contribution in [0.15, 0.2) is 30.3 Å². The molecule has 5 N–H and O–H groups in total. The zero-order valence-corrected chi connectivity index (χ0v) is 12.7. The molecule has 0 bridgehead atoms. The third-order valence-corrected chi connectivity index (χ3v) is 3.79. The topological polar surface area (TPSA) is 171 Å². The van der Waals surface area contributed by atoms with Crippen LogP contribution in [0.2, 0.25) is 0 Å². The fourth-order valence-electron chi connectivity index (χ4n) is 2.38. The maximum atomic E-state index is 12.0. The molecule has 0 amide bonds. The van der Waals surface area contributed by atoms with Gasteiger partial charge in [0.2, 0.25) is 0 Å². The summed E-state index contributed by atoms with van der Waals surface area (Å²) in [6.07, 6.45) is -9.02. The van der Waals surface area contributed by atoms with Gasteiger partial charge in [0.15, 0.2) is 12.1 Å². The largest absolute Gasteiger partial charge is 0.387 e. The Labute approximate surface area is 141 Å². The van der Waals surface area contributed by atoms with E-state index in [2.05, 4.69) is 0 Å². The van der Waals surface area contributed by atoms with E-state index in [1.165, 1.54) is 24.3 Å². The second-order valence-corrected chi connectivity index (χ2v) is 5.46. The summed E-state index contributed by atoms with van der Waals surface area (Å²) in [7, 11) is 0. The normalized spacial score (nSPS) is 31.0. The van der Waals surface area contributed by atoms with E-state index in [1.54, 1.807) is 0 Å². The Morgan fingerprint density at radius 2 is 1.80 bits per heavy atom. The summed E-state index contributed by atoms with van der Waals surface area (Å²) in [6, 6.07) is 5.61. The van der Waals surface area contributed by atoms with Crippen molar-refractivity contribution in [2.24, 2.45) is 0 Å². The Bertz CT molecular complexity index is 677. The molecule has 2 rings (SSSR count). The van der Waals surface area contributed by atoms with Crippen molar-refractivity contribution in [1.29, 1.82) is 0 Å². The molecule has 10 heteroatoms. The molecule has 0 aliphatic carbocycles. The highest BCUT2D eigenvalue weighted by Gasteiger charge is 2.47. The van der Waals surface area contributed by atoms with Gasteiger partial charge in [-0.25, -0.2) is 0 Å². The second-order valence-electron chi connectivity index (χ2n) is 5.46. The summed E-state index contributed by atoms with van der Waals surface area (Å²) < 4.78 is 4.76. The molecule has 136 valence electrons. The summed E-state index contributed by atoms with van der Waals surface area (Å²) in [4.78, 5) is 22.3. The van der Waals surface area contributed by atoms with Crippen molar-refractivity contribution in [3.05, 3.63) is 46.0 Å². The van der Waals surface area contributed by atoms with E-state index in [4.69, 9.17) is 4.74 Å². The quantitative estimate of drug-likeness (QED) is 0.235. The number of nitro groups is 1. The van der Waals surface area contributed by atoms with Crippen LogP contribution in [0.3, 0.4) is 0 Å². The number of ether oxygens (including phenoxy) is 1. The predicted molar refractivity (Wildman–Crippen MR) is 82.0 cm³/mol. The lowest BCUT2D eigenvalue weighted by Gasteiger charge is -2.39. The number of carbonyl (C=O) groups is 1. The average Bonchev–Trinajstić information content (AvgIpc) is 2.60. The Morgan fingerprint density at radius 1 is 1.16 bits per heavy atom. The molecule has 1 aliphatic heterocycles. The number of aliphatic hydroxyl groups is 5. The number of hydrogen-bond acceptors (Lipinski definition) is 9. The number of aliphatic hydroxyl groups excluding tert-OH is 5. The molecule has 1 aromatic rings. The van der Waals surface area contributed by atoms with Gasteiger partial charge in [-0.2, -0.15) is 0 Å². The smallest absolute Gasteiger partial charge is 0.276 e. The molecule has 0 saturated carbocycles. The van der Waals surface area contributed by atoms with Crippen LogP contribution in [0, 0.1) is 10.1 Å². The van der Waals surface area contributed by atoms with Crippen LogP contribution in [-0.4, -0.2) is 73.0 Å². The van der Waals surface area contributed by atoms with Crippen molar-refractivity contribution in [2.45, 2.75) is 36.8 Å². The van der Waals surface area contributed by atoms with Gasteiger partial charge in [-0.15, -0.1) is 0 Å². The van der Waals surface area contributed by atoms with Crippen LogP contribution in [-0.2, 0) is 9.53 Å². The second kappa shape index (κ2) is 7.78. The van der Waals surface area contributed by atoms with Crippen molar-refractivity contribution >= 4 is 17.5 Å². The third kappa shape index (κ3) is 4.07. The van der Waals surface area contributed by atoms with Crippen molar-refractivity contribution < 1.29 is 40.0 Å². The van der Waals surface area contributed by atoms with E-state index in [-0.39, 0.29) is 11.3 Å². The molecule has 1 aromatic carbocycles. The minimum absolute atomic E-state index is 0.119. The van der Waals surface area contributed by atoms with Crippen LogP contribution in [0.5, 0.6) is 0 Å². The molecule has 0 radical (unpaired) electrons. The maximum absolute atomic E-state index is 12.0. The van der Waals surface area contributed by atoms with Crippen LogP contribution >= 0.6 is 0 Å². The summed E-state index contributed by atoms with van der Waals surface area (Å²) in [5.41, 5.74) is -0.127. The lowest BCUT2D eigenvalue weighted by Crippen LogP contribution is -2.61. The lowest BCUT2D eigenvalue weighted by atomic mass is 9.93. The first-order valence-electron chi connectivity index (χ1n) is 7.25. The predicted octanol–water partition coefficient (Wildman–Crippen LogP) is -1.66. The Kier molecular flexibility index (Phi) is 5.95. The standard InChI is InChI=1S/C15H17NO9/c17-9(6-5-7-3-1-2-4-8(7)16(23)24)10(18)14-12(20)11(19)13(21)15(22)25-14/h1-6,10-15,18-22H/t10?,11-,12+,13+,14+,15?/m0/s1. The molecule has 1 aliphatic rings. The van der Waals surface area contributed by atoms with E-state index < -0.39 is 47.5 Å². The molecular weight excluding hydrogens is 338 g/mol. The summed E-state index contributed by atoms with van der Waals surface area (Å²) in [5.74, 6) is -0.974. The van der Waals surface area contributed by atoms with Crippen molar-refractivity contribution in [3.63, 3.8) is 0 Å². The van der Waals surface area contributed by atoms with Crippen molar-refractivity contribution in [2.75, 3.05) is 0 Å². The summed E-state index contributed by atoms with van der Waals surface area (Å²) in [6.45, 7) is 0. The molecule has 1 heterocycles. The minimum Gasteiger partial charge on any atom is -0.387 e. The van der Waals surface area contributed by atoms with Gasteiger partial charge in [0.25, 0.3) is 5.69 Å². The molecule has 1 fully saturated rings. The fourth-order valence-corrected chi connectivity index (χ4v) is 2.38. The first-order chi connectivity index (χ1) is 11.7. The molecule has 25 heavy (non-hydrogen) atoms. The van der Waals surface area contributed by atoms with Crippen LogP contribution in [0.1, 0.15) is 5.56 Å². The Morgan fingerprint density at radius 3 is 2.44 bits per heavy atom. The number of hydrogen-bond donors (Lipinski definition) is 5. The zero-order valence-electron chi connectivity index (χ0n) is 12.7. The van der Waals surface area contributed by atoms with Crippen LogP contribution in [0.4, 0.5) is 5.69 Å². The summed E-state index contributed by atoms with van der Waals surface area (Å²) >= 11 is 0. The molecule has 0 aromatic heterocycles. The molecular formula is C15H17NO9. The average molecular weight is 355 g/mol. The zero-order chi connectivity index (χ0) is 18.7.